The Balaban J connectivity index is 1.80. The van der Waals surface area contributed by atoms with Crippen LogP contribution in [0.1, 0.15) is 24.5 Å². The largest absolute Gasteiger partial charge is 0.325 e. The van der Waals surface area contributed by atoms with Crippen LogP contribution in [0.3, 0.4) is 0 Å². The van der Waals surface area contributed by atoms with Crippen molar-refractivity contribution in [1.82, 2.24) is 9.55 Å². The first-order chi connectivity index (χ1) is 16.4. The summed E-state index contributed by atoms with van der Waals surface area (Å²) in [6, 6.07) is 20.1. The van der Waals surface area contributed by atoms with Crippen molar-refractivity contribution >= 4 is 34.2 Å². The summed E-state index contributed by atoms with van der Waals surface area (Å²) in [5, 5.41) is 5.70. The first-order valence-corrected chi connectivity index (χ1v) is 11.1. The molecule has 0 atom stereocenters. The molecule has 3 aromatic carbocycles. The lowest BCUT2D eigenvalue weighted by molar-refractivity contribution is -0.117. The number of anilines is 2. The molecule has 0 unspecified atom stereocenters. The number of hydrogen-bond donors (Lipinski definition) is 2. The minimum absolute atomic E-state index is 0.163. The maximum atomic E-state index is 13.6. The van der Waals surface area contributed by atoms with Gasteiger partial charge in [-0.2, -0.15) is 0 Å². The van der Waals surface area contributed by atoms with Gasteiger partial charge in [-0.1, -0.05) is 48.4 Å². The van der Waals surface area contributed by atoms with E-state index in [2.05, 4.69) is 15.6 Å². The fraction of sp³-hybridized carbons (Fsp3) is 0.185. The first-order valence-electron chi connectivity index (χ1n) is 11.1. The van der Waals surface area contributed by atoms with Crippen LogP contribution < -0.4 is 16.2 Å². The summed E-state index contributed by atoms with van der Waals surface area (Å²) in [7, 11) is 0. The van der Waals surface area contributed by atoms with Gasteiger partial charge in [0.1, 0.15) is 12.2 Å². The smallest absolute Gasteiger partial charge is 0.278 e. The van der Waals surface area contributed by atoms with E-state index in [4.69, 9.17) is 0 Å². The standard InChI is InChI=1S/C27H26N4O3/c1-4-24(32)29-21-14-11-18(3)15-20(21)26-27(34)31(23-8-6-5-7-22(23)30-26)16-25(33)28-19-12-9-17(2)10-13-19/h5-15H,4,16H2,1-3H3,(H,28,33)(H,29,32). The first kappa shape index (κ1) is 22.9. The molecule has 2 N–H and O–H groups in total. The number of amides is 2. The minimum atomic E-state index is -0.407. The van der Waals surface area contributed by atoms with Crippen molar-refractivity contribution in [2.75, 3.05) is 10.6 Å². The van der Waals surface area contributed by atoms with Gasteiger partial charge in [-0.25, -0.2) is 4.98 Å². The lowest BCUT2D eigenvalue weighted by Gasteiger charge is -2.15. The number of hydrogen-bond acceptors (Lipinski definition) is 4. The molecular weight excluding hydrogens is 428 g/mol. The van der Waals surface area contributed by atoms with E-state index in [-0.39, 0.29) is 24.1 Å². The number of benzene rings is 3. The van der Waals surface area contributed by atoms with Gasteiger partial charge >= 0.3 is 0 Å². The average Bonchev–Trinajstić information content (AvgIpc) is 2.83. The summed E-state index contributed by atoms with van der Waals surface area (Å²) >= 11 is 0. The van der Waals surface area contributed by atoms with Gasteiger partial charge in [-0.05, 0) is 50.2 Å². The number of aromatic nitrogens is 2. The molecule has 7 nitrogen and oxygen atoms in total. The fourth-order valence-corrected chi connectivity index (χ4v) is 3.71. The molecule has 1 aromatic heterocycles. The summed E-state index contributed by atoms with van der Waals surface area (Å²) in [4.78, 5) is 43.2. The predicted octanol–water partition coefficient (Wildman–Crippen LogP) is 4.67. The molecule has 0 bridgehead atoms. The molecule has 0 aliphatic heterocycles. The summed E-state index contributed by atoms with van der Waals surface area (Å²) in [6.07, 6.45) is 0.307. The van der Waals surface area contributed by atoms with Gasteiger partial charge in [0.15, 0.2) is 0 Å². The van der Waals surface area contributed by atoms with Crippen molar-refractivity contribution in [2.24, 2.45) is 0 Å². The zero-order valence-corrected chi connectivity index (χ0v) is 19.4. The van der Waals surface area contributed by atoms with Crippen molar-refractivity contribution in [1.29, 1.82) is 0 Å². The van der Waals surface area contributed by atoms with E-state index in [0.29, 0.717) is 34.4 Å². The summed E-state index contributed by atoms with van der Waals surface area (Å²) in [5.74, 6) is -0.485. The molecule has 0 radical (unpaired) electrons. The van der Waals surface area contributed by atoms with Crippen LogP contribution in [-0.4, -0.2) is 21.4 Å². The van der Waals surface area contributed by atoms with Crippen LogP contribution in [-0.2, 0) is 16.1 Å². The van der Waals surface area contributed by atoms with E-state index in [9.17, 15) is 14.4 Å². The van der Waals surface area contributed by atoms with Crippen LogP contribution in [0.5, 0.6) is 0 Å². The number of rotatable bonds is 6. The molecule has 0 spiro atoms. The molecule has 0 saturated heterocycles. The monoisotopic (exact) mass is 454 g/mol. The Bertz CT molecular complexity index is 1440. The molecule has 4 rings (SSSR count). The van der Waals surface area contributed by atoms with E-state index in [1.54, 1.807) is 31.2 Å². The third kappa shape index (κ3) is 4.88. The van der Waals surface area contributed by atoms with Gasteiger partial charge in [0, 0.05) is 17.7 Å². The molecule has 34 heavy (non-hydrogen) atoms. The van der Waals surface area contributed by atoms with Gasteiger partial charge in [0.2, 0.25) is 11.8 Å². The maximum Gasteiger partial charge on any atom is 0.278 e. The number of para-hydroxylation sites is 2. The van der Waals surface area contributed by atoms with E-state index in [0.717, 1.165) is 11.1 Å². The van der Waals surface area contributed by atoms with Crippen LogP contribution >= 0.6 is 0 Å². The van der Waals surface area contributed by atoms with Gasteiger partial charge in [-0.15, -0.1) is 0 Å². The Labute approximate surface area is 197 Å². The van der Waals surface area contributed by atoms with Crippen LogP contribution in [0.25, 0.3) is 22.3 Å². The van der Waals surface area contributed by atoms with Crippen LogP contribution in [0.4, 0.5) is 11.4 Å². The number of nitrogens with zero attached hydrogens (tertiary/aromatic N) is 2. The lowest BCUT2D eigenvalue weighted by Crippen LogP contribution is -2.30. The van der Waals surface area contributed by atoms with Crippen LogP contribution in [0.15, 0.2) is 71.5 Å². The Hall–Kier alpha value is -4.26. The highest BCUT2D eigenvalue weighted by Crippen LogP contribution is 2.27. The summed E-state index contributed by atoms with van der Waals surface area (Å²) in [6.45, 7) is 5.46. The molecule has 1 heterocycles. The highest BCUT2D eigenvalue weighted by atomic mass is 16.2. The van der Waals surface area contributed by atoms with Crippen LogP contribution in [0.2, 0.25) is 0 Å². The number of carbonyl (C=O) groups is 2. The lowest BCUT2D eigenvalue weighted by atomic mass is 10.1. The zero-order chi connectivity index (χ0) is 24.2. The van der Waals surface area contributed by atoms with Gasteiger partial charge in [0.25, 0.3) is 5.56 Å². The fourth-order valence-electron chi connectivity index (χ4n) is 3.71. The predicted molar refractivity (Wildman–Crippen MR) is 135 cm³/mol. The Morgan fingerprint density at radius 3 is 2.32 bits per heavy atom. The van der Waals surface area contributed by atoms with Gasteiger partial charge in [0.05, 0.1) is 16.7 Å². The van der Waals surface area contributed by atoms with Crippen molar-refractivity contribution in [3.05, 3.63) is 88.2 Å². The maximum absolute atomic E-state index is 13.6. The van der Waals surface area contributed by atoms with Gasteiger partial charge < -0.3 is 10.6 Å². The normalized spacial score (nSPS) is 10.8. The zero-order valence-electron chi connectivity index (χ0n) is 19.4. The third-order valence-electron chi connectivity index (χ3n) is 5.51. The SMILES string of the molecule is CCC(=O)Nc1ccc(C)cc1-c1nc2ccccc2n(CC(=O)Nc2ccc(C)cc2)c1=O. The topological polar surface area (TPSA) is 93.1 Å². The number of fused-ring (bicyclic) bond motifs is 1. The molecule has 2 amide bonds. The molecule has 0 saturated carbocycles. The Kier molecular flexibility index (Phi) is 6.54. The quantitative estimate of drug-likeness (QED) is 0.443. The number of nitrogens with one attached hydrogen (secondary N) is 2. The third-order valence-corrected chi connectivity index (χ3v) is 5.51. The van der Waals surface area contributed by atoms with Crippen molar-refractivity contribution < 1.29 is 9.59 Å². The Morgan fingerprint density at radius 1 is 0.882 bits per heavy atom. The van der Waals surface area contributed by atoms with E-state index < -0.39 is 5.56 Å². The average molecular weight is 455 g/mol. The molecule has 4 aromatic rings. The molecule has 0 aliphatic carbocycles. The molecule has 0 aliphatic rings. The van der Waals surface area contributed by atoms with Crippen molar-refractivity contribution in [3.63, 3.8) is 0 Å². The van der Waals surface area contributed by atoms with E-state index in [1.807, 2.05) is 56.3 Å². The molecule has 7 heteroatoms. The highest BCUT2D eigenvalue weighted by molar-refractivity contribution is 5.96. The van der Waals surface area contributed by atoms with Gasteiger partial charge in [-0.3, -0.25) is 19.0 Å². The second-order valence-electron chi connectivity index (χ2n) is 8.21. The number of carbonyl (C=O) groups excluding carboxylic acids is 2. The van der Waals surface area contributed by atoms with E-state index >= 15 is 0 Å². The van der Waals surface area contributed by atoms with Crippen molar-refractivity contribution in [3.8, 4) is 11.3 Å². The highest BCUT2D eigenvalue weighted by Gasteiger charge is 2.18. The second kappa shape index (κ2) is 9.70. The molecule has 0 fully saturated rings. The summed E-state index contributed by atoms with van der Waals surface area (Å²) < 4.78 is 1.43. The second-order valence-corrected chi connectivity index (χ2v) is 8.21. The summed E-state index contributed by atoms with van der Waals surface area (Å²) in [5.41, 5.74) is 4.60. The van der Waals surface area contributed by atoms with Crippen molar-refractivity contribution in [2.45, 2.75) is 33.7 Å². The van der Waals surface area contributed by atoms with Crippen LogP contribution in [0, 0.1) is 13.8 Å². The Morgan fingerprint density at radius 2 is 1.59 bits per heavy atom. The number of aryl methyl sites for hydroxylation is 2. The molecular formula is C27H26N4O3. The molecule has 172 valence electrons. The van der Waals surface area contributed by atoms with E-state index in [1.165, 1.54) is 4.57 Å². The minimum Gasteiger partial charge on any atom is -0.325 e.